The summed E-state index contributed by atoms with van der Waals surface area (Å²) in [6, 6.07) is 5.08. The highest BCUT2D eigenvalue weighted by atomic mass is 19.3. The summed E-state index contributed by atoms with van der Waals surface area (Å²) in [5.41, 5.74) is 4.02. The fraction of sp³-hybridized carbons (Fsp3) is 0.448. The summed E-state index contributed by atoms with van der Waals surface area (Å²) in [5.74, 6) is -2.49. The number of aromatic nitrogens is 5. The van der Waals surface area contributed by atoms with E-state index in [9.17, 15) is 13.6 Å². The summed E-state index contributed by atoms with van der Waals surface area (Å²) in [5, 5.41) is 5.82. The third-order valence-electron chi connectivity index (χ3n) is 8.15. The second-order valence-electron chi connectivity index (χ2n) is 10.7. The van der Waals surface area contributed by atoms with Crippen molar-refractivity contribution in [2.75, 3.05) is 6.54 Å². The maximum atomic E-state index is 15.7. The number of imidazole rings is 1. The highest BCUT2D eigenvalue weighted by Crippen LogP contribution is 2.43. The van der Waals surface area contributed by atoms with Crippen LogP contribution in [0.15, 0.2) is 30.6 Å². The van der Waals surface area contributed by atoms with Crippen LogP contribution in [-0.4, -0.2) is 47.6 Å². The fourth-order valence-corrected chi connectivity index (χ4v) is 6.07. The van der Waals surface area contributed by atoms with E-state index in [1.807, 2.05) is 37.7 Å². The number of pyridine rings is 1. The molecule has 204 valence electrons. The summed E-state index contributed by atoms with van der Waals surface area (Å²) in [6.07, 6.45) is 4.23. The molecule has 0 radical (unpaired) electrons. The van der Waals surface area contributed by atoms with Crippen LogP contribution in [0.4, 0.5) is 13.2 Å². The number of alkyl halides is 2. The van der Waals surface area contributed by atoms with E-state index in [1.54, 1.807) is 21.8 Å². The van der Waals surface area contributed by atoms with E-state index in [2.05, 4.69) is 10.1 Å². The Bertz CT molecular complexity index is 1580. The Labute approximate surface area is 224 Å². The summed E-state index contributed by atoms with van der Waals surface area (Å²) in [7, 11) is 1.85. The molecule has 0 unspecified atom stereocenters. The van der Waals surface area contributed by atoms with E-state index < -0.39 is 11.7 Å². The van der Waals surface area contributed by atoms with Gasteiger partial charge in [-0.25, -0.2) is 18.2 Å². The summed E-state index contributed by atoms with van der Waals surface area (Å²) < 4.78 is 47.4. The van der Waals surface area contributed by atoms with E-state index in [0.717, 1.165) is 28.0 Å². The minimum atomic E-state index is -2.65. The van der Waals surface area contributed by atoms with Crippen LogP contribution in [0.3, 0.4) is 0 Å². The van der Waals surface area contributed by atoms with Crippen LogP contribution >= 0.6 is 0 Å². The van der Waals surface area contributed by atoms with Gasteiger partial charge in [0.25, 0.3) is 0 Å². The van der Waals surface area contributed by atoms with Crippen LogP contribution in [0.25, 0.3) is 33.3 Å². The highest BCUT2D eigenvalue weighted by molar-refractivity contribution is 5.97. The van der Waals surface area contributed by atoms with Crippen LogP contribution < -0.4 is 0 Å². The van der Waals surface area contributed by atoms with Gasteiger partial charge in [-0.3, -0.25) is 14.5 Å². The normalized spacial score (nSPS) is 17.5. The van der Waals surface area contributed by atoms with E-state index in [0.29, 0.717) is 61.4 Å². The van der Waals surface area contributed by atoms with Gasteiger partial charge in [0.05, 0.1) is 29.3 Å². The molecule has 0 spiro atoms. The van der Waals surface area contributed by atoms with Crippen molar-refractivity contribution in [2.45, 2.75) is 70.9 Å². The molecule has 3 aromatic heterocycles. The van der Waals surface area contributed by atoms with E-state index in [-0.39, 0.29) is 24.7 Å². The zero-order chi connectivity index (χ0) is 27.5. The van der Waals surface area contributed by atoms with Gasteiger partial charge in [0.15, 0.2) is 0 Å². The van der Waals surface area contributed by atoms with Crippen molar-refractivity contribution in [3.05, 3.63) is 53.6 Å². The SMILES string of the molecule is CCC(=O)N1CCn2c(C3CCC(F)(F)CC3)nc(-c3c(F)ccc4cc(-c5cn(C)nc5C)ncc34)c2C1. The number of rotatable bonds is 4. The molecule has 0 N–H and O–H groups in total. The Hall–Kier alpha value is -3.69. The maximum absolute atomic E-state index is 15.7. The molecule has 1 amide bonds. The monoisotopic (exact) mass is 536 g/mol. The number of carbonyl (C=O) groups is 1. The van der Waals surface area contributed by atoms with Gasteiger partial charge in [0, 0.05) is 74.2 Å². The lowest BCUT2D eigenvalue weighted by atomic mass is 9.86. The quantitative estimate of drug-likeness (QED) is 0.321. The number of halogens is 3. The third kappa shape index (κ3) is 4.49. The number of nitrogens with zero attached hydrogens (tertiary/aromatic N) is 6. The molecule has 39 heavy (non-hydrogen) atoms. The zero-order valence-electron chi connectivity index (χ0n) is 22.3. The van der Waals surface area contributed by atoms with Crippen molar-refractivity contribution in [1.29, 1.82) is 0 Å². The predicted molar refractivity (Wildman–Crippen MR) is 142 cm³/mol. The third-order valence-corrected chi connectivity index (χ3v) is 8.15. The van der Waals surface area contributed by atoms with E-state index in [4.69, 9.17) is 4.98 Å². The molecular formula is C29H31F3N6O. The van der Waals surface area contributed by atoms with Gasteiger partial charge in [-0.2, -0.15) is 5.10 Å². The molecule has 0 saturated heterocycles. The van der Waals surface area contributed by atoms with E-state index >= 15 is 4.39 Å². The maximum Gasteiger partial charge on any atom is 0.248 e. The molecule has 2 aliphatic rings. The van der Waals surface area contributed by atoms with Gasteiger partial charge in [-0.1, -0.05) is 13.0 Å². The molecular weight excluding hydrogens is 505 g/mol. The molecule has 7 nitrogen and oxygen atoms in total. The molecule has 1 aromatic carbocycles. The van der Waals surface area contributed by atoms with Gasteiger partial charge in [0.1, 0.15) is 11.6 Å². The van der Waals surface area contributed by atoms with Gasteiger partial charge in [-0.05, 0) is 37.3 Å². The minimum Gasteiger partial charge on any atom is -0.335 e. The number of amides is 1. The lowest BCUT2D eigenvalue weighted by Crippen LogP contribution is -2.38. The molecule has 1 aliphatic heterocycles. The largest absolute Gasteiger partial charge is 0.335 e. The van der Waals surface area contributed by atoms with Crippen molar-refractivity contribution < 1.29 is 18.0 Å². The Morgan fingerprint density at radius 2 is 1.95 bits per heavy atom. The molecule has 1 aliphatic carbocycles. The van der Waals surface area contributed by atoms with Gasteiger partial charge < -0.3 is 9.47 Å². The standard InChI is InChI=1S/C29H31F3N6O/c1-4-25(39)37-11-12-38-24(16-37)27(34-28(38)18-7-9-29(31,32)10-8-18)26-20-14-33-23(13-19(20)5-6-22(26)30)21-15-36(3)35-17(21)2/h5-6,13-15,18H,4,7-12,16H2,1-3H3. The lowest BCUT2D eigenvalue weighted by Gasteiger charge is -2.32. The Morgan fingerprint density at radius 1 is 1.18 bits per heavy atom. The number of benzene rings is 1. The van der Waals surface area contributed by atoms with Crippen molar-refractivity contribution in [2.24, 2.45) is 7.05 Å². The Morgan fingerprint density at radius 3 is 2.64 bits per heavy atom. The predicted octanol–water partition coefficient (Wildman–Crippen LogP) is 5.99. The molecule has 0 atom stereocenters. The first-order chi connectivity index (χ1) is 18.6. The second-order valence-corrected chi connectivity index (χ2v) is 10.7. The lowest BCUT2D eigenvalue weighted by molar-refractivity contribution is -0.132. The first-order valence-corrected chi connectivity index (χ1v) is 13.5. The van der Waals surface area contributed by atoms with Crippen LogP contribution in [0.2, 0.25) is 0 Å². The smallest absolute Gasteiger partial charge is 0.248 e. The minimum absolute atomic E-state index is 0.0174. The molecule has 4 aromatic rings. The molecule has 0 bridgehead atoms. The summed E-state index contributed by atoms with van der Waals surface area (Å²) in [6.45, 7) is 5.05. The summed E-state index contributed by atoms with van der Waals surface area (Å²) in [4.78, 5) is 24.0. The average Bonchev–Trinajstić information content (AvgIpc) is 3.46. The second kappa shape index (κ2) is 9.50. The van der Waals surface area contributed by atoms with Crippen LogP contribution in [0, 0.1) is 12.7 Å². The average molecular weight is 537 g/mol. The number of hydrogen-bond acceptors (Lipinski definition) is 4. The first kappa shape index (κ1) is 25.6. The molecule has 10 heteroatoms. The zero-order valence-corrected chi connectivity index (χ0v) is 22.3. The van der Waals surface area contributed by atoms with Crippen molar-refractivity contribution in [3.63, 3.8) is 0 Å². The van der Waals surface area contributed by atoms with Crippen LogP contribution in [0.1, 0.15) is 62.2 Å². The Balaban J connectivity index is 1.49. The fourth-order valence-electron chi connectivity index (χ4n) is 6.07. The van der Waals surface area contributed by atoms with Gasteiger partial charge >= 0.3 is 0 Å². The molecule has 6 rings (SSSR count). The van der Waals surface area contributed by atoms with Crippen molar-refractivity contribution in [3.8, 4) is 22.5 Å². The number of fused-ring (bicyclic) bond motifs is 2. The van der Waals surface area contributed by atoms with Crippen molar-refractivity contribution in [1.82, 2.24) is 29.2 Å². The highest BCUT2D eigenvalue weighted by Gasteiger charge is 2.39. The van der Waals surface area contributed by atoms with Crippen molar-refractivity contribution >= 4 is 16.7 Å². The molecule has 4 heterocycles. The summed E-state index contributed by atoms with van der Waals surface area (Å²) >= 11 is 0. The van der Waals surface area contributed by atoms with Gasteiger partial charge in [-0.15, -0.1) is 0 Å². The first-order valence-electron chi connectivity index (χ1n) is 13.5. The number of carbonyl (C=O) groups excluding carboxylic acids is 1. The van der Waals surface area contributed by atoms with E-state index in [1.165, 1.54) is 6.07 Å². The Kier molecular flexibility index (Phi) is 6.23. The molecule has 1 fully saturated rings. The topological polar surface area (TPSA) is 68.8 Å². The van der Waals surface area contributed by atoms with Crippen LogP contribution in [-0.2, 0) is 24.9 Å². The van der Waals surface area contributed by atoms with Crippen LogP contribution in [0.5, 0.6) is 0 Å². The number of hydrogen-bond donors (Lipinski definition) is 0. The molecule has 1 saturated carbocycles. The van der Waals surface area contributed by atoms with Gasteiger partial charge in [0.2, 0.25) is 11.8 Å². The number of aryl methyl sites for hydroxylation is 2.